The zero-order valence-electron chi connectivity index (χ0n) is 10.8. The average Bonchev–Trinajstić information content (AvgIpc) is 2.91. The van der Waals surface area contributed by atoms with Crippen molar-refractivity contribution in [2.75, 3.05) is 0 Å². The number of aromatic nitrogens is 3. The lowest BCUT2D eigenvalue weighted by Crippen LogP contribution is -2.00. The number of hydrogen-bond donors (Lipinski definition) is 1. The van der Waals surface area contributed by atoms with E-state index in [9.17, 15) is 4.79 Å². The molecule has 4 heteroatoms. The molecule has 0 radical (unpaired) electrons. The summed E-state index contributed by atoms with van der Waals surface area (Å²) in [4.78, 5) is 15.6. The van der Waals surface area contributed by atoms with Crippen LogP contribution in [0.5, 0.6) is 0 Å². The number of carbonyl (C=O) groups excluding carboxylic acids is 1. The maximum absolute atomic E-state index is 11.4. The summed E-state index contributed by atoms with van der Waals surface area (Å²) in [5, 5.41) is 8.41. The molecule has 0 bridgehead atoms. The van der Waals surface area contributed by atoms with E-state index in [2.05, 4.69) is 21.8 Å². The van der Waals surface area contributed by atoms with Gasteiger partial charge in [0.1, 0.15) is 5.69 Å². The summed E-state index contributed by atoms with van der Waals surface area (Å²) >= 11 is 0. The molecule has 0 unspecified atom stereocenters. The van der Waals surface area contributed by atoms with Crippen molar-refractivity contribution in [2.24, 2.45) is 0 Å². The van der Waals surface area contributed by atoms with Crippen LogP contribution in [0.25, 0.3) is 22.2 Å². The fourth-order valence-corrected chi connectivity index (χ4v) is 2.16. The number of ketones is 1. The third kappa shape index (κ3) is 2.23. The first kappa shape index (κ1) is 12.3. The Kier molecular flexibility index (Phi) is 3.13. The van der Waals surface area contributed by atoms with Gasteiger partial charge in [0.25, 0.3) is 0 Å². The van der Waals surface area contributed by atoms with E-state index in [-0.39, 0.29) is 12.2 Å². The summed E-state index contributed by atoms with van der Waals surface area (Å²) in [6.45, 7) is 3.48. The Hall–Kier alpha value is -2.75. The highest BCUT2D eigenvalue weighted by Crippen LogP contribution is 2.26. The second-order valence-corrected chi connectivity index (χ2v) is 4.50. The van der Waals surface area contributed by atoms with E-state index in [0.29, 0.717) is 0 Å². The minimum atomic E-state index is -0.0402. The van der Waals surface area contributed by atoms with Crippen LogP contribution in [0.15, 0.2) is 55.3 Å². The Morgan fingerprint density at radius 3 is 3.00 bits per heavy atom. The van der Waals surface area contributed by atoms with Crippen LogP contribution < -0.4 is 0 Å². The molecule has 20 heavy (non-hydrogen) atoms. The van der Waals surface area contributed by atoms with Crippen LogP contribution in [0.1, 0.15) is 5.69 Å². The summed E-state index contributed by atoms with van der Waals surface area (Å²) in [6.07, 6.45) is 3.28. The molecule has 0 fully saturated rings. The van der Waals surface area contributed by atoms with Gasteiger partial charge in [-0.05, 0) is 24.3 Å². The van der Waals surface area contributed by atoms with Crippen LogP contribution in [0.4, 0.5) is 0 Å². The third-order valence-electron chi connectivity index (χ3n) is 3.14. The van der Waals surface area contributed by atoms with Gasteiger partial charge in [0.15, 0.2) is 5.78 Å². The van der Waals surface area contributed by atoms with Crippen molar-refractivity contribution in [1.29, 1.82) is 0 Å². The van der Waals surface area contributed by atoms with Crippen molar-refractivity contribution >= 4 is 16.7 Å². The maximum Gasteiger partial charge on any atom is 0.161 e. The van der Waals surface area contributed by atoms with E-state index in [0.717, 1.165) is 27.9 Å². The highest BCUT2D eigenvalue weighted by molar-refractivity contribution is 5.93. The molecule has 98 valence electrons. The number of fused-ring (bicyclic) bond motifs is 1. The summed E-state index contributed by atoms with van der Waals surface area (Å²) in [5.41, 5.74) is 3.53. The SMILES string of the molecule is C=CC(=O)Cc1cc(-c2n[nH]c3ccccc23)ccn1. The molecule has 0 saturated heterocycles. The molecular formula is C16H13N3O. The Labute approximate surface area is 116 Å². The predicted octanol–water partition coefficient (Wildman–Crippen LogP) is 2.92. The summed E-state index contributed by atoms with van der Waals surface area (Å²) in [5.74, 6) is -0.0402. The number of benzene rings is 1. The molecule has 0 aliphatic carbocycles. The monoisotopic (exact) mass is 263 g/mol. The van der Waals surface area contributed by atoms with Crippen LogP contribution in [-0.2, 0) is 11.2 Å². The number of nitrogens with zero attached hydrogens (tertiary/aromatic N) is 2. The normalized spacial score (nSPS) is 10.6. The maximum atomic E-state index is 11.4. The van der Waals surface area contributed by atoms with Crippen molar-refractivity contribution in [3.63, 3.8) is 0 Å². The first-order chi connectivity index (χ1) is 9.78. The quantitative estimate of drug-likeness (QED) is 0.736. The van der Waals surface area contributed by atoms with Crippen molar-refractivity contribution < 1.29 is 4.79 Å². The van der Waals surface area contributed by atoms with E-state index in [1.54, 1.807) is 6.20 Å². The minimum absolute atomic E-state index is 0.0402. The van der Waals surface area contributed by atoms with E-state index in [1.165, 1.54) is 6.08 Å². The van der Waals surface area contributed by atoms with Gasteiger partial charge in [0, 0.05) is 22.8 Å². The second kappa shape index (κ2) is 5.09. The molecule has 0 atom stereocenters. The van der Waals surface area contributed by atoms with Gasteiger partial charge < -0.3 is 0 Å². The number of carbonyl (C=O) groups is 1. The van der Waals surface area contributed by atoms with Gasteiger partial charge in [-0.3, -0.25) is 14.9 Å². The standard InChI is InChI=1S/C16H13N3O/c1-2-13(20)10-12-9-11(7-8-17-12)16-14-5-3-4-6-15(14)18-19-16/h2-9H,1,10H2,(H,18,19). The number of H-pyrrole nitrogens is 1. The number of para-hydroxylation sites is 1. The minimum Gasteiger partial charge on any atom is -0.294 e. The molecule has 0 amide bonds. The van der Waals surface area contributed by atoms with Crippen LogP contribution in [0, 0.1) is 0 Å². The molecular weight excluding hydrogens is 250 g/mol. The van der Waals surface area contributed by atoms with E-state index < -0.39 is 0 Å². The van der Waals surface area contributed by atoms with Gasteiger partial charge in [-0.2, -0.15) is 5.10 Å². The number of rotatable bonds is 4. The van der Waals surface area contributed by atoms with Gasteiger partial charge in [-0.1, -0.05) is 24.8 Å². The number of nitrogens with one attached hydrogen (secondary N) is 1. The molecule has 0 aliphatic rings. The van der Waals surface area contributed by atoms with Crippen molar-refractivity contribution in [2.45, 2.75) is 6.42 Å². The average molecular weight is 263 g/mol. The van der Waals surface area contributed by atoms with Gasteiger partial charge in [-0.25, -0.2) is 0 Å². The largest absolute Gasteiger partial charge is 0.294 e. The fourth-order valence-electron chi connectivity index (χ4n) is 2.16. The predicted molar refractivity (Wildman–Crippen MR) is 78.2 cm³/mol. The molecule has 0 spiro atoms. The highest BCUT2D eigenvalue weighted by Gasteiger charge is 2.09. The van der Waals surface area contributed by atoms with Crippen LogP contribution in [-0.4, -0.2) is 21.0 Å². The molecule has 3 aromatic rings. The Bertz CT molecular complexity index is 789. The van der Waals surface area contributed by atoms with Crippen LogP contribution in [0.3, 0.4) is 0 Å². The molecule has 2 heterocycles. The lowest BCUT2D eigenvalue weighted by atomic mass is 10.1. The van der Waals surface area contributed by atoms with E-state index >= 15 is 0 Å². The third-order valence-corrected chi connectivity index (χ3v) is 3.14. The highest BCUT2D eigenvalue weighted by atomic mass is 16.1. The zero-order valence-corrected chi connectivity index (χ0v) is 10.8. The first-order valence-electron chi connectivity index (χ1n) is 6.31. The van der Waals surface area contributed by atoms with Crippen molar-refractivity contribution in [3.8, 4) is 11.3 Å². The Morgan fingerprint density at radius 2 is 2.15 bits per heavy atom. The van der Waals surface area contributed by atoms with Crippen molar-refractivity contribution in [3.05, 3.63) is 60.9 Å². The second-order valence-electron chi connectivity index (χ2n) is 4.50. The molecule has 1 N–H and O–H groups in total. The number of aromatic amines is 1. The smallest absolute Gasteiger partial charge is 0.161 e. The van der Waals surface area contributed by atoms with Gasteiger partial charge >= 0.3 is 0 Å². The molecule has 3 rings (SSSR count). The lowest BCUT2D eigenvalue weighted by molar-refractivity contribution is -0.114. The number of allylic oxidation sites excluding steroid dienone is 1. The topological polar surface area (TPSA) is 58.6 Å². The summed E-state index contributed by atoms with van der Waals surface area (Å²) < 4.78 is 0. The lowest BCUT2D eigenvalue weighted by Gasteiger charge is -2.01. The zero-order chi connectivity index (χ0) is 13.9. The molecule has 0 saturated carbocycles. The van der Waals surface area contributed by atoms with Crippen LogP contribution in [0.2, 0.25) is 0 Å². The Balaban J connectivity index is 2.04. The Morgan fingerprint density at radius 1 is 1.30 bits per heavy atom. The number of pyridine rings is 1. The molecule has 1 aromatic carbocycles. The molecule has 4 nitrogen and oxygen atoms in total. The van der Waals surface area contributed by atoms with E-state index in [1.807, 2.05) is 36.4 Å². The number of hydrogen-bond acceptors (Lipinski definition) is 3. The first-order valence-corrected chi connectivity index (χ1v) is 6.31. The molecule has 2 aromatic heterocycles. The molecule has 0 aliphatic heterocycles. The van der Waals surface area contributed by atoms with Gasteiger partial charge in [-0.15, -0.1) is 0 Å². The van der Waals surface area contributed by atoms with Crippen molar-refractivity contribution in [1.82, 2.24) is 15.2 Å². The van der Waals surface area contributed by atoms with Crippen LogP contribution >= 0.6 is 0 Å². The van der Waals surface area contributed by atoms with Gasteiger partial charge in [0.2, 0.25) is 0 Å². The fraction of sp³-hybridized carbons (Fsp3) is 0.0625. The van der Waals surface area contributed by atoms with Gasteiger partial charge in [0.05, 0.1) is 11.9 Å². The summed E-state index contributed by atoms with van der Waals surface area (Å²) in [7, 11) is 0. The van der Waals surface area contributed by atoms with E-state index in [4.69, 9.17) is 0 Å². The summed E-state index contributed by atoms with van der Waals surface area (Å²) in [6, 6.07) is 11.7.